The van der Waals surface area contributed by atoms with Gasteiger partial charge in [0, 0.05) is 67.2 Å². The molecule has 8 rings (SSSR count). The summed E-state index contributed by atoms with van der Waals surface area (Å²) in [7, 11) is 0. The number of aliphatic hydroxyl groups is 1. The Morgan fingerprint density at radius 2 is 1.61 bits per heavy atom. The van der Waals surface area contributed by atoms with Crippen LogP contribution in [0.15, 0.2) is 65.5 Å². The number of fused-ring (bicyclic) bond motifs is 5. The van der Waals surface area contributed by atoms with E-state index in [0.29, 0.717) is 67.8 Å². The molecule has 4 aliphatic rings. The van der Waals surface area contributed by atoms with Gasteiger partial charge in [0.1, 0.15) is 25.2 Å². The lowest BCUT2D eigenvalue weighted by molar-refractivity contribution is -0.172. The average molecular weight is 1030 g/mol. The van der Waals surface area contributed by atoms with Gasteiger partial charge in [-0.15, -0.1) is 0 Å². The highest BCUT2D eigenvalue weighted by Crippen LogP contribution is 2.41. The third-order valence-electron chi connectivity index (χ3n) is 14.0. The molecule has 0 aliphatic carbocycles. The maximum atomic E-state index is 15.1. The molecule has 396 valence electrons. The number of aromatic nitrogens is 2. The summed E-state index contributed by atoms with van der Waals surface area (Å²) in [5.41, 5.74) is 2.01. The summed E-state index contributed by atoms with van der Waals surface area (Å²) in [5.74, 6) is -4.89. The topological polar surface area (TPSA) is 277 Å². The van der Waals surface area contributed by atoms with E-state index in [0.717, 1.165) is 33.4 Å². The predicted molar refractivity (Wildman–Crippen MR) is 267 cm³/mol. The number of hydrogen-bond acceptors (Lipinski definition) is 14. The number of cyclic esters (lactones) is 1. The Kier molecular flexibility index (Phi) is 16.9. The van der Waals surface area contributed by atoms with Gasteiger partial charge < -0.3 is 45.7 Å². The van der Waals surface area contributed by atoms with Crippen molar-refractivity contribution in [3.8, 4) is 11.4 Å². The number of likely N-dealkylation sites (tertiary alicyclic amines) is 1. The number of ether oxygens (including phenoxy) is 2. The quantitative estimate of drug-likeness (QED) is 0.0246. The van der Waals surface area contributed by atoms with Crippen LogP contribution in [-0.2, 0) is 79.5 Å². The van der Waals surface area contributed by atoms with Crippen molar-refractivity contribution in [3.05, 3.63) is 110 Å². The largest absolute Gasteiger partial charge is 0.458 e. The monoisotopic (exact) mass is 1030 g/mol. The Morgan fingerprint density at radius 1 is 0.893 bits per heavy atom. The molecule has 7 amide bonds. The van der Waals surface area contributed by atoms with Gasteiger partial charge in [0.25, 0.3) is 17.4 Å². The highest BCUT2D eigenvalue weighted by molar-refractivity contribution is 6.12. The number of carbonyl (C=O) groups excluding carboxylic acids is 8. The van der Waals surface area contributed by atoms with Crippen LogP contribution in [0.4, 0.5) is 4.39 Å². The second-order valence-corrected chi connectivity index (χ2v) is 19.1. The Bertz CT molecular complexity index is 3000. The van der Waals surface area contributed by atoms with E-state index in [1.54, 1.807) is 60.9 Å². The molecule has 4 aliphatic heterocycles. The second-order valence-electron chi connectivity index (χ2n) is 19.1. The highest BCUT2D eigenvalue weighted by atomic mass is 19.1. The van der Waals surface area contributed by atoms with Crippen molar-refractivity contribution in [2.24, 2.45) is 0 Å². The molecule has 22 heteroatoms. The summed E-state index contributed by atoms with van der Waals surface area (Å²) < 4.78 is 28.0. The third kappa shape index (κ3) is 12.5. The van der Waals surface area contributed by atoms with E-state index in [2.05, 4.69) is 31.5 Å². The van der Waals surface area contributed by atoms with E-state index < -0.39 is 65.7 Å². The molecule has 0 saturated carbocycles. The van der Waals surface area contributed by atoms with Crippen LogP contribution in [-0.4, -0.2) is 130 Å². The first-order chi connectivity index (χ1) is 36.0. The second kappa shape index (κ2) is 23.7. The number of pyridine rings is 2. The van der Waals surface area contributed by atoms with E-state index in [9.17, 15) is 48.3 Å². The number of benzene rings is 2. The molecule has 1 fully saturated rings. The van der Waals surface area contributed by atoms with Crippen molar-refractivity contribution < 1.29 is 57.3 Å². The maximum Gasteiger partial charge on any atom is 0.343 e. The van der Waals surface area contributed by atoms with E-state index in [1.165, 1.54) is 18.2 Å². The molecule has 21 nitrogen and oxygen atoms in total. The standard InChI is InChI=1S/C53H60FN9O12/c1-3-53(73)38-21-42-49-36(28-63(42)51(71)37(38)29-74-52(53)72)35(34-19-31(2)39(54)22-40(34)60-49)27-61-17-10-13-33(26-61)75-30-58-45(66)24-57-50(70)41(20-32-11-6-4-7-12-32)59-46(67)25-56-44(65)23-55-43(64)14-8-5-9-18-62-47(68)15-16-48(62)69/h4,6-7,11-12,15-16,19,21-22,33,41,73H,3,5,8-10,13-14,17-18,20,23-30H2,1-2H3,(H,55,64)(H,56,65)(H,57,70)(H,58,66)(H,59,67)/t33-,41-,53-/m0/s1. The molecule has 4 aromatic rings. The summed E-state index contributed by atoms with van der Waals surface area (Å²) in [4.78, 5) is 122. The third-order valence-corrected chi connectivity index (χ3v) is 14.0. The number of nitrogens with zero attached hydrogens (tertiary/aromatic N) is 4. The number of hydrogen-bond donors (Lipinski definition) is 6. The van der Waals surface area contributed by atoms with Crippen LogP contribution in [0.25, 0.3) is 22.3 Å². The van der Waals surface area contributed by atoms with Gasteiger partial charge in [0.15, 0.2) is 5.60 Å². The predicted octanol–water partition coefficient (Wildman–Crippen LogP) is 1.14. The molecule has 6 N–H and O–H groups in total. The number of esters is 1. The number of aryl methyl sites for hydroxylation is 1. The molecular weight excluding hydrogens is 974 g/mol. The Labute approximate surface area is 430 Å². The SMILES string of the molecule is CC[C@@]1(O)C(=O)OCc2c1cc1n(c2=O)Cc2c-1nc1cc(F)c(C)cc1c2CN1CCC[C@H](OCNC(=O)CNC(=O)[C@H](Cc2ccccc2)NC(=O)CNC(=O)CNC(=O)CCCCCN2C(=O)C=CC2=O)C1. The minimum atomic E-state index is -2.00. The van der Waals surface area contributed by atoms with Gasteiger partial charge in [0.2, 0.25) is 29.5 Å². The minimum Gasteiger partial charge on any atom is -0.458 e. The van der Waals surface area contributed by atoms with E-state index in [1.807, 2.05) is 0 Å². The van der Waals surface area contributed by atoms with Crippen molar-refractivity contribution in [3.63, 3.8) is 0 Å². The van der Waals surface area contributed by atoms with Crippen LogP contribution in [0.1, 0.15) is 85.3 Å². The molecular formula is C53H60FN9O12. The smallest absolute Gasteiger partial charge is 0.343 e. The molecule has 0 bridgehead atoms. The Hall–Kier alpha value is -7.69. The Balaban J connectivity index is 0.806. The lowest BCUT2D eigenvalue weighted by Gasteiger charge is -2.33. The van der Waals surface area contributed by atoms with Crippen molar-refractivity contribution >= 4 is 58.2 Å². The minimum absolute atomic E-state index is 0.00996. The lowest BCUT2D eigenvalue weighted by atomic mass is 9.86. The fourth-order valence-corrected chi connectivity index (χ4v) is 9.78. The van der Waals surface area contributed by atoms with Gasteiger partial charge in [-0.1, -0.05) is 43.7 Å². The number of unbranched alkanes of at least 4 members (excludes halogenated alkanes) is 2. The first-order valence-corrected chi connectivity index (χ1v) is 25.1. The van der Waals surface area contributed by atoms with E-state index in [-0.39, 0.29) is 87.2 Å². The van der Waals surface area contributed by atoms with Crippen LogP contribution in [0, 0.1) is 12.7 Å². The normalized spacial score (nSPS) is 18.2. The molecule has 2 aromatic heterocycles. The van der Waals surface area contributed by atoms with Crippen LogP contribution >= 0.6 is 0 Å². The van der Waals surface area contributed by atoms with E-state index >= 15 is 4.39 Å². The fraction of sp³-hybridized carbons (Fsp3) is 0.434. The first kappa shape index (κ1) is 53.6. The molecule has 0 radical (unpaired) electrons. The molecule has 75 heavy (non-hydrogen) atoms. The summed E-state index contributed by atoms with van der Waals surface area (Å²) in [6, 6.07) is 12.5. The molecule has 3 atom stereocenters. The van der Waals surface area contributed by atoms with Crippen LogP contribution in [0.2, 0.25) is 0 Å². The Morgan fingerprint density at radius 3 is 2.37 bits per heavy atom. The number of carbonyl (C=O) groups is 8. The van der Waals surface area contributed by atoms with Gasteiger partial charge in [-0.3, -0.25) is 48.2 Å². The molecule has 1 saturated heterocycles. The van der Waals surface area contributed by atoms with Gasteiger partial charge in [-0.05, 0) is 74.4 Å². The number of imide groups is 1. The summed E-state index contributed by atoms with van der Waals surface area (Å²) in [6.07, 6.45) is 5.36. The van der Waals surface area contributed by atoms with Crippen molar-refractivity contribution in [2.75, 3.05) is 46.0 Å². The highest BCUT2D eigenvalue weighted by Gasteiger charge is 2.45. The lowest BCUT2D eigenvalue weighted by Crippen LogP contribution is -2.52. The van der Waals surface area contributed by atoms with Gasteiger partial charge in [-0.25, -0.2) is 14.2 Å². The zero-order chi connectivity index (χ0) is 53.4. The van der Waals surface area contributed by atoms with Crippen molar-refractivity contribution in [2.45, 2.75) is 103 Å². The maximum absolute atomic E-state index is 15.1. The zero-order valence-corrected chi connectivity index (χ0v) is 41.8. The molecule has 2 aromatic carbocycles. The van der Waals surface area contributed by atoms with Crippen LogP contribution in [0.5, 0.6) is 0 Å². The van der Waals surface area contributed by atoms with E-state index in [4.69, 9.17) is 14.5 Å². The number of piperidine rings is 1. The van der Waals surface area contributed by atoms with Crippen LogP contribution in [0.3, 0.4) is 0 Å². The van der Waals surface area contributed by atoms with Crippen molar-refractivity contribution in [1.82, 2.24) is 45.9 Å². The van der Waals surface area contributed by atoms with Gasteiger partial charge >= 0.3 is 5.97 Å². The van der Waals surface area contributed by atoms with Crippen molar-refractivity contribution in [1.29, 1.82) is 0 Å². The summed E-state index contributed by atoms with van der Waals surface area (Å²) >= 11 is 0. The summed E-state index contributed by atoms with van der Waals surface area (Å²) in [5, 5.41) is 24.9. The van der Waals surface area contributed by atoms with Gasteiger partial charge in [-0.2, -0.15) is 0 Å². The number of nitrogens with one attached hydrogen (secondary N) is 5. The molecule has 0 unspecified atom stereocenters. The molecule has 6 heterocycles. The van der Waals surface area contributed by atoms with Gasteiger partial charge in [0.05, 0.1) is 54.8 Å². The zero-order valence-electron chi connectivity index (χ0n) is 41.8. The molecule has 0 spiro atoms. The number of amides is 7. The first-order valence-electron chi connectivity index (χ1n) is 25.1. The summed E-state index contributed by atoms with van der Waals surface area (Å²) in [6.45, 7) is 3.56. The fourth-order valence-electron chi connectivity index (χ4n) is 9.78. The average Bonchev–Trinajstić information content (AvgIpc) is 3.94. The van der Waals surface area contributed by atoms with Crippen LogP contribution < -0.4 is 32.1 Å². The number of halogens is 1. The number of rotatable bonds is 22.